The van der Waals surface area contributed by atoms with Crippen molar-refractivity contribution in [1.82, 2.24) is 5.43 Å². The number of ether oxygens (including phenoxy) is 2. The summed E-state index contributed by atoms with van der Waals surface area (Å²) in [4.78, 5) is 23.8. The number of fused-ring (bicyclic) bond motifs is 1. The van der Waals surface area contributed by atoms with Gasteiger partial charge >= 0.3 is 11.9 Å². The molecule has 0 unspecified atom stereocenters. The van der Waals surface area contributed by atoms with E-state index in [0.717, 1.165) is 21.0 Å². The van der Waals surface area contributed by atoms with Gasteiger partial charge in [-0.3, -0.25) is 4.79 Å². The van der Waals surface area contributed by atoms with Crippen molar-refractivity contribution in [2.45, 2.75) is 6.61 Å². The summed E-state index contributed by atoms with van der Waals surface area (Å²) in [6, 6.07) is 21.5. The SMILES string of the molecule is COC(=O)c1ccc(COc2cccc(C=NNC(=O)c3cc4cc(Br)ccc4o3)c2)cc1. The topological polar surface area (TPSA) is 90.1 Å². The summed E-state index contributed by atoms with van der Waals surface area (Å²) in [6.07, 6.45) is 1.52. The van der Waals surface area contributed by atoms with Gasteiger partial charge in [0.2, 0.25) is 0 Å². The molecule has 4 rings (SSSR count). The Kier molecular flexibility index (Phi) is 6.85. The predicted molar refractivity (Wildman–Crippen MR) is 128 cm³/mol. The molecule has 7 nitrogen and oxygen atoms in total. The van der Waals surface area contributed by atoms with Crippen LogP contribution in [0.15, 0.2) is 86.8 Å². The quantitative estimate of drug-likeness (QED) is 0.208. The number of rotatable bonds is 7. The molecule has 8 heteroatoms. The van der Waals surface area contributed by atoms with Gasteiger partial charge in [-0.2, -0.15) is 5.10 Å². The van der Waals surface area contributed by atoms with Crippen molar-refractivity contribution in [2.24, 2.45) is 5.10 Å². The molecule has 33 heavy (non-hydrogen) atoms. The minimum absolute atomic E-state index is 0.176. The van der Waals surface area contributed by atoms with Gasteiger partial charge in [0.15, 0.2) is 5.76 Å². The maximum Gasteiger partial charge on any atom is 0.337 e. The van der Waals surface area contributed by atoms with Gasteiger partial charge in [0.25, 0.3) is 0 Å². The van der Waals surface area contributed by atoms with Crippen LogP contribution in [-0.4, -0.2) is 25.2 Å². The van der Waals surface area contributed by atoms with E-state index in [0.29, 0.717) is 23.5 Å². The van der Waals surface area contributed by atoms with Crippen LogP contribution in [0, 0.1) is 0 Å². The van der Waals surface area contributed by atoms with E-state index in [9.17, 15) is 9.59 Å². The Morgan fingerprint density at radius 1 is 1.06 bits per heavy atom. The molecule has 0 radical (unpaired) electrons. The van der Waals surface area contributed by atoms with Crippen LogP contribution in [0.1, 0.15) is 32.0 Å². The molecule has 1 N–H and O–H groups in total. The van der Waals surface area contributed by atoms with Crippen LogP contribution in [0.4, 0.5) is 0 Å². The maximum atomic E-state index is 12.3. The molecule has 1 aromatic heterocycles. The van der Waals surface area contributed by atoms with Gasteiger partial charge in [0.1, 0.15) is 17.9 Å². The van der Waals surface area contributed by atoms with E-state index in [-0.39, 0.29) is 11.7 Å². The highest BCUT2D eigenvalue weighted by atomic mass is 79.9. The molecule has 0 atom stereocenters. The van der Waals surface area contributed by atoms with E-state index in [4.69, 9.17) is 13.9 Å². The monoisotopic (exact) mass is 506 g/mol. The van der Waals surface area contributed by atoms with Crippen LogP contribution in [-0.2, 0) is 11.3 Å². The summed E-state index contributed by atoms with van der Waals surface area (Å²) >= 11 is 3.39. The first-order chi connectivity index (χ1) is 16.0. The first kappa shape index (κ1) is 22.3. The fraction of sp³-hybridized carbons (Fsp3) is 0.0800. The molecule has 0 saturated heterocycles. The zero-order valence-electron chi connectivity index (χ0n) is 17.6. The Morgan fingerprint density at radius 3 is 2.67 bits per heavy atom. The molecule has 3 aromatic carbocycles. The molecule has 166 valence electrons. The van der Waals surface area contributed by atoms with Crippen LogP contribution in [0.5, 0.6) is 5.75 Å². The lowest BCUT2D eigenvalue weighted by Crippen LogP contribution is -2.16. The molecule has 0 aliphatic heterocycles. The molecule has 0 saturated carbocycles. The van der Waals surface area contributed by atoms with Crippen molar-refractivity contribution in [3.63, 3.8) is 0 Å². The molecule has 1 heterocycles. The van der Waals surface area contributed by atoms with E-state index in [1.54, 1.807) is 30.3 Å². The van der Waals surface area contributed by atoms with Gasteiger partial charge in [0.05, 0.1) is 18.9 Å². The predicted octanol–water partition coefficient (Wildman–Crippen LogP) is 5.32. The molecule has 4 aromatic rings. The number of hydrogen-bond acceptors (Lipinski definition) is 6. The largest absolute Gasteiger partial charge is 0.489 e. The molecular weight excluding hydrogens is 488 g/mol. The standard InChI is InChI=1S/C25H19BrN2O5/c1-31-25(30)18-7-5-16(6-8-18)15-32-21-4-2-3-17(11-21)14-27-28-24(29)23-13-19-12-20(26)9-10-22(19)33-23/h2-14H,15H2,1H3,(H,28,29). The lowest BCUT2D eigenvalue weighted by Gasteiger charge is -2.07. The van der Waals surface area contributed by atoms with Gasteiger partial charge in [-0.15, -0.1) is 0 Å². The van der Waals surface area contributed by atoms with E-state index in [1.165, 1.54) is 13.3 Å². The second-order valence-electron chi connectivity index (χ2n) is 7.04. The third kappa shape index (κ3) is 5.67. The first-order valence-corrected chi connectivity index (χ1v) is 10.7. The van der Waals surface area contributed by atoms with Crippen molar-refractivity contribution in [2.75, 3.05) is 7.11 Å². The second-order valence-corrected chi connectivity index (χ2v) is 7.96. The summed E-state index contributed by atoms with van der Waals surface area (Å²) in [7, 11) is 1.35. The number of furan rings is 1. The summed E-state index contributed by atoms with van der Waals surface area (Å²) in [6.45, 7) is 0.334. The fourth-order valence-electron chi connectivity index (χ4n) is 3.05. The number of methoxy groups -OCH3 is 1. The molecule has 0 aliphatic carbocycles. The molecular formula is C25H19BrN2O5. The van der Waals surface area contributed by atoms with Crippen molar-refractivity contribution >= 4 is 45.0 Å². The van der Waals surface area contributed by atoms with Crippen LogP contribution < -0.4 is 10.2 Å². The molecule has 0 aliphatic rings. The second kappa shape index (κ2) is 10.1. The first-order valence-electron chi connectivity index (χ1n) is 9.94. The van der Waals surface area contributed by atoms with E-state index < -0.39 is 5.91 Å². The average Bonchev–Trinajstić information content (AvgIpc) is 3.26. The number of hydrogen-bond donors (Lipinski definition) is 1. The van der Waals surface area contributed by atoms with Crippen molar-refractivity contribution < 1.29 is 23.5 Å². The number of esters is 1. The summed E-state index contributed by atoms with van der Waals surface area (Å²) in [5.74, 6) is -0.00273. The highest BCUT2D eigenvalue weighted by Gasteiger charge is 2.11. The minimum atomic E-state index is -0.443. The van der Waals surface area contributed by atoms with Crippen LogP contribution in [0.3, 0.4) is 0 Å². The van der Waals surface area contributed by atoms with Gasteiger partial charge in [0, 0.05) is 9.86 Å². The molecule has 0 fully saturated rings. The third-order valence-electron chi connectivity index (χ3n) is 4.72. The minimum Gasteiger partial charge on any atom is -0.489 e. The van der Waals surface area contributed by atoms with Crippen molar-refractivity contribution in [3.05, 3.63) is 99.7 Å². The number of halogens is 1. The summed E-state index contributed by atoms with van der Waals surface area (Å²) < 4.78 is 17.0. The van der Waals surface area contributed by atoms with E-state index in [2.05, 4.69) is 26.5 Å². The number of carbonyl (C=O) groups is 2. The zero-order valence-corrected chi connectivity index (χ0v) is 19.2. The molecule has 0 spiro atoms. The number of nitrogens with zero attached hydrogens (tertiary/aromatic N) is 1. The lowest BCUT2D eigenvalue weighted by atomic mass is 10.1. The number of amides is 1. The number of carbonyl (C=O) groups excluding carboxylic acids is 2. The Hall–Kier alpha value is -3.91. The number of benzene rings is 3. The highest BCUT2D eigenvalue weighted by molar-refractivity contribution is 9.10. The van der Waals surface area contributed by atoms with Gasteiger partial charge in [-0.25, -0.2) is 10.2 Å². The number of nitrogens with one attached hydrogen (secondary N) is 1. The van der Waals surface area contributed by atoms with Gasteiger partial charge in [-0.05, 0) is 59.7 Å². The van der Waals surface area contributed by atoms with Crippen LogP contribution >= 0.6 is 15.9 Å². The zero-order chi connectivity index (χ0) is 23.2. The van der Waals surface area contributed by atoms with Crippen molar-refractivity contribution in [1.29, 1.82) is 0 Å². The summed E-state index contributed by atoms with van der Waals surface area (Å²) in [5, 5.41) is 4.83. The third-order valence-corrected chi connectivity index (χ3v) is 5.21. The average molecular weight is 507 g/mol. The highest BCUT2D eigenvalue weighted by Crippen LogP contribution is 2.23. The smallest absolute Gasteiger partial charge is 0.337 e. The van der Waals surface area contributed by atoms with Gasteiger partial charge in [-0.1, -0.05) is 40.2 Å². The van der Waals surface area contributed by atoms with Crippen LogP contribution in [0.25, 0.3) is 11.0 Å². The summed E-state index contributed by atoms with van der Waals surface area (Å²) in [5.41, 5.74) is 5.23. The Bertz CT molecular complexity index is 1330. The van der Waals surface area contributed by atoms with Crippen LogP contribution in [0.2, 0.25) is 0 Å². The normalized spacial score (nSPS) is 11.0. The van der Waals surface area contributed by atoms with E-state index >= 15 is 0 Å². The number of hydrazone groups is 1. The van der Waals surface area contributed by atoms with E-state index in [1.807, 2.05) is 42.5 Å². The Balaban J connectivity index is 1.34. The van der Waals surface area contributed by atoms with Crippen molar-refractivity contribution in [3.8, 4) is 5.75 Å². The molecule has 1 amide bonds. The fourth-order valence-corrected chi connectivity index (χ4v) is 3.43. The maximum absolute atomic E-state index is 12.3. The van der Waals surface area contributed by atoms with Gasteiger partial charge < -0.3 is 13.9 Å². The Morgan fingerprint density at radius 2 is 1.88 bits per heavy atom. The lowest BCUT2D eigenvalue weighted by molar-refractivity contribution is 0.0600. The Labute approximate surface area is 198 Å². The molecule has 0 bridgehead atoms.